The largest absolute Gasteiger partial charge is 0.478 e. The van der Waals surface area contributed by atoms with Crippen LogP contribution in [-0.2, 0) is 20.8 Å². The normalized spacial score (nSPS) is 14.5. The molecular weight excluding hydrogens is 382 g/mol. The van der Waals surface area contributed by atoms with Crippen molar-refractivity contribution in [1.29, 1.82) is 0 Å². The van der Waals surface area contributed by atoms with Crippen molar-refractivity contribution in [3.8, 4) is 0 Å². The molecule has 1 saturated heterocycles. The Hall–Kier alpha value is -3.25. The smallest absolute Gasteiger partial charge is 0.328 e. The lowest BCUT2D eigenvalue weighted by Gasteiger charge is -2.35. The van der Waals surface area contributed by atoms with Gasteiger partial charge in [0.1, 0.15) is 6.79 Å². The van der Waals surface area contributed by atoms with Crippen molar-refractivity contribution in [1.82, 2.24) is 4.90 Å². The van der Waals surface area contributed by atoms with Crippen LogP contribution in [0.2, 0.25) is 0 Å². The van der Waals surface area contributed by atoms with Gasteiger partial charge in [-0.3, -0.25) is 4.90 Å². The van der Waals surface area contributed by atoms with E-state index in [9.17, 15) is 9.59 Å². The van der Waals surface area contributed by atoms with E-state index < -0.39 is 11.9 Å². The second-order valence-electron chi connectivity index (χ2n) is 6.72. The van der Waals surface area contributed by atoms with Crippen molar-refractivity contribution in [2.45, 2.75) is 31.7 Å². The summed E-state index contributed by atoms with van der Waals surface area (Å²) in [7, 11) is 0. The zero-order chi connectivity index (χ0) is 22.2. The molecule has 0 amide bonds. The number of hydrogen-bond donors (Lipinski definition) is 2. The summed E-state index contributed by atoms with van der Waals surface area (Å²) in [6, 6.07) is 22.4. The zero-order valence-corrected chi connectivity index (χ0v) is 17.0. The van der Waals surface area contributed by atoms with Gasteiger partial charge in [-0.2, -0.15) is 0 Å². The summed E-state index contributed by atoms with van der Waals surface area (Å²) in [6.45, 7) is 4.48. The molecule has 1 fully saturated rings. The highest BCUT2D eigenvalue weighted by atomic mass is 16.4. The Morgan fingerprint density at radius 3 is 1.77 bits per heavy atom. The van der Waals surface area contributed by atoms with Crippen LogP contribution in [0.1, 0.15) is 36.4 Å². The minimum Gasteiger partial charge on any atom is -0.478 e. The van der Waals surface area contributed by atoms with Gasteiger partial charge in [0, 0.05) is 18.2 Å². The number of carboxylic acids is 2. The third-order valence-electron chi connectivity index (χ3n) is 4.66. The highest BCUT2D eigenvalue weighted by Crippen LogP contribution is 2.27. The van der Waals surface area contributed by atoms with Crippen molar-refractivity contribution < 1.29 is 24.6 Å². The molecule has 6 nitrogen and oxygen atoms in total. The number of benzene rings is 2. The fourth-order valence-corrected chi connectivity index (χ4v) is 3.34. The van der Waals surface area contributed by atoms with Crippen molar-refractivity contribution in [3.05, 3.63) is 83.9 Å². The van der Waals surface area contributed by atoms with Crippen molar-refractivity contribution >= 4 is 18.7 Å². The molecule has 0 bridgehead atoms. The first kappa shape index (κ1) is 24.8. The molecule has 3 rings (SSSR count). The molecule has 2 aromatic rings. The fourth-order valence-electron chi connectivity index (χ4n) is 3.34. The van der Waals surface area contributed by atoms with Gasteiger partial charge in [-0.15, -0.1) is 0 Å². The Balaban J connectivity index is 0.000000383. The van der Waals surface area contributed by atoms with Gasteiger partial charge in [-0.25, -0.2) is 9.59 Å². The van der Waals surface area contributed by atoms with E-state index >= 15 is 0 Å². The standard InChI is InChI=1S/C19H23N.C4H4O4.CH2O/c1-4-10-17(11-5-1)16-19(18-12-6-2-7-13-18)20-14-8-3-9-15-20;5-3(6)1-2-4(7)8;1-2/h1-2,4-7,10-13,19H,3,8-9,14-16H2;1-2H,(H,5,6)(H,7,8);1H2/b;2-1-;. The van der Waals surface area contributed by atoms with E-state index in [2.05, 4.69) is 65.6 Å². The van der Waals surface area contributed by atoms with Gasteiger partial charge in [0.2, 0.25) is 0 Å². The van der Waals surface area contributed by atoms with Gasteiger partial charge in [0.05, 0.1) is 0 Å². The number of carbonyl (C=O) groups excluding carboxylic acids is 1. The van der Waals surface area contributed by atoms with Crippen LogP contribution >= 0.6 is 0 Å². The molecule has 1 aliphatic heterocycles. The molecule has 1 unspecified atom stereocenters. The molecule has 160 valence electrons. The molecule has 6 heteroatoms. The lowest BCUT2D eigenvalue weighted by Crippen LogP contribution is -2.34. The van der Waals surface area contributed by atoms with Crippen LogP contribution in [0.15, 0.2) is 72.8 Å². The summed E-state index contributed by atoms with van der Waals surface area (Å²) in [6.07, 6.45) is 6.31. The molecule has 2 N–H and O–H groups in total. The average molecular weight is 411 g/mol. The van der Waals surface area contributed by atoms with Crippen LogP contribution in [0.5, 0.6) is 0 Å². The minimum atomic E-state index is -1.26. The van der Waals surface area contributed by atoms with Crippen molar-refractivity contribution in [2.75, 3.05) is 13.1 Å². The Morgan fingerprint density at radius 2 is 1.30 bits per heavy atom. The highest BCUT2D eigenvalue weighted by molar-refractivity contribution is 5.89. The Kier molecular flexibility index (Phi) is 12.2. The van der Waals surface area contributed by atoms with Crippen LogP contribution in [0.3, 0.4) is 0 Å². The number of hydrogen-bond acceptors (Lipinski definition) is 4. The summed E-state index contributed by atoms with van der Waals surface area (Å²) in [5, 5.41) is 15.6. The van der Waals surface area contributed by atoms with Crippen LogP contribution in [-0.4, -0.2) is 46.9 Å². The summed E-state index contributed by atoms with van der Waals surface area (Å²) in [5.41, 5.74) is 2.89. The van der Waals surface area contributed by atoms with E-state index in [1.165, 1.54) is 43.5 Å². The van der Waals surface area contributed by atoms with E-state index in [0.717, 1.165) is 6.42 Å². The SMILES string of the molecule is C=O.O=C(O)/C=C\C(=O)O.c1ccc(CC(c2ccccc2)N2CCCCC2)cc1. The predicted molar refractivity (Wildman–Crippen MR) is 116 cm³/mol. The van der Waals surface area contributed by atoms with E-state index in [-0.39, 0.29) is 0 Å². The van der Waals surface area contributed by atoms with Gasteiger partial charge in [-0.05, 0) is 43.5 Å². The van der Waals surface area contributed by atoms with Gasteiger partial charge in [-0.1, -0.05) is 67.1 Å². The molecule has 0 radical (unpaired) electrons. The summed E-state index contributed by atoms with van der Waals surface area (Å²) in [4.78, 5) is 29.8. The van der Waals surface area contributed by atoms with E-state index in [1.54, 1.807) is 0 Å². The third kappa shape index (κ3) is 9.80. The van der Waals surface area contributed by atoms with Crippen LogP contribution in [0.4, 0.5) is 0 Å². The number of rotatable bonds is 6. The third-order valence-corrected chi connectivity index (χ3v) is 4.66. The lowest BCUT2D eigenvalue weighted by molar-refractivity contribution is -0.134. The summed E-state index contributed by atoms with van der Waals surface area (Å²) >= 11 is 0. The maximum absolute atomic E-state index is 9.55. The van der Waals surface area contributed by atoms with E-state index in [1.807, 2.05) is 6.79 Å². The second kappa shape index (κ2) is 14.7. The Bertz CT molecular complexity index is 755. The average Bonchev–Trinajstić information content (AvgIpc) is 2.80. The van der Waals surface area contributed by atoms with Gasteiger partial charge in [0.25, 0.3) is 0 Å². The molecule has 2 aromatic carbocycles. The molecule has 0 saturated carbocycles. The lowest BCUT2D eigenvalue weighted by atomic mass is 9.95. The number of carbonyl (C=O) groups is 3. The highest BCUT2D eigenvalue weighted by Gasteiger charge is 2.22. The van der Waals surface area contributed by atoms with Crippen molar-refractivity contribution in [2.24, 2.45) is 0 Å². The number of likely N-dealkylation sites (tertiary alicyclic amines) is 1. The molecular formula is C24H29NO5. The molecule has 1 atom stereocenters. The first-order chi connectivity index (χ1) is 14.6. The van der Waals surface area contributed by atoms with Crippen LogP contribution in [0.25, 0.3) is 0 Å². The monoisotopic (exact) mass is 411 g/mol. The maximum Gasteiger partial charge on any atom is 0.328 e. The number of nitrogens with zero attached hydrogens (tertiary/aromatic N) is 1. The Labute approximate surface area is 177 Å². The van der Waals surface area contributed by atoms with Gasteiger partial charge in [0.15, 0.2) is 0 Å². The molecule has 30 heavy (non-hydrogen) atoms. The fraction of sp³-hybridized carbons (Fsp3) is 0.292. The number of aliphatic carboxylic acids is 2. The Morgan fingerprint density at radius 1 is 0.833 bits per heavy atom. The maximum atomic E-state index is 9.55. The molecule has 0 spiro atoms. The topological polar surface area (TPSA) is 94.9 Å². The van der Waals surface area contributed by atoms with Crippen LogP contribution in [0, 0.1) is 0 Å². The first-order valence-electron chi connectivity index (χ1n) is 9.82. The van der Waals surface area contributed by atoms with Gasteiger partial charge >= 0.3 is 11.9 Å². The molecule has 1 aliphatic rings. The molecule has 1 heterocycles. The molecule has 0 aromatic heterocycles. The van der Waals surface area contributed by atoms with E-state index in [0.29, 0.717) is 18.2 Å². The number of piperidine rings is 1. The second-order valence-corrected chi connectivity index (χ2v) is 6.72. The van der Waals surface area contributed by atoms with Crippen LogP contribution < -0.4 is 0 Å². The molecule has 0 aliphatic carbocycles. The summed E-state index contributed by atoms with van der Waals surface area (Å²) < 4.78 is 0. The summed E-state index contributed by atoms with van der Waals surface area (Å²) in [5.74, 6) is -2.51. The predicted octanol–water partition coefficient (Wildman–Crippen LogP) is 3.98. The van der Waals surface area contributed by atoms with E-state index in [4.69, 9.17) is 15.0 Å². The number of carboxylic acid groups (broad SMARTS) is 2. The van der Waals surface area contributed by atoms with Gasteiger partial charge < -0.3 is 15.0 Å². The zero-order valence-electron chi connectivity index (χ0n) is 17.0. The first-order valence-corrected chi connectivity index (χ1v) is 9.82. The van der Waals surface area contributed by atoms with Crippen molar-refractivity contribution in [3.63, 3.8) is 0 Å². The minimum absolute atomic E-state index is 0.527. The quantitative estimate of drug-likeness (QED) is 0.698.